The molecule has 0 fully saturated rings. The molecule has 0 amide bonds. The molecule has 0 aliphatic heterocycles. The molecule has 7 heteroatoms. The number of hydrogen-bond donors (Lipinski definition) is 2. The number of aromatic carboxylic acids is 1. The van der Waals surface area contributed by atoms with Crippen LogP contribution in [0.3, 0.4) is 0 Å². The summed E-state index contributed by atoms with van der Waals surface area (Å²) in [5.74, 6) is -1.40. The molecular formula is C24H40O7. The SMILES string of the molecule is CCCCCOc1c(OCC)c(O)c(C(=O)O)c(OCCCCC)c1OCCCCC. The Bertz CT molecular complexity index is 658. The van der Waals surface area contributed by atoms with Crippen LogP contribution in [0.2, 0.25) is 0 Å². The quantitative estimate of drug-likeness (QED) is 0.263. The monoisotopic (exact) mass is 440 g/mol. The van der Waals surface area contributed by atoms with E-state index in [-0.39, 0.29) is 35.2 Å². The van der Waals surface area contributed by atoms with E-state index < -0.39 is 11.7 Å². The third-order valence-corrected chi connectivity index (χ3v) is 4.78. The summed E-state index contributed by atoms with van der Waals surface area (Å²) in [7, 11) is 0. The highest BCUT2D eigenvalue weighted by atomic mass is 16.6. The molecule has 31 heavy (non-hydrogen) atoms. The standard InChI is InChI=1S/C24H40O7/c1-5-9-12-15-29-20-18(24(26)27)19(25)21(28-8-4)23(31-17-14-11-7-3)22(20)30-16-13-10-6-2/h25H,5-17H2,1-4H3,(H,26,27). The number of carboxylic acid groups (broad SMARTS) is 1. The van der Waals surface area contributed by atoms with Crippen LogP contribution in [0.4, 0.5) is 0 Å². The summed E-state index contributed by atoms with van der Waals surface area (Å²) in [4.78, 5) is 12.0. The second-order valence-corrected chi connectivity index (χ2v) is 7.44. The van der Waals surface area contributed by atoms with Crippen LogP contribution in [-0.4, -0.2) is 42.6 Å². The van der Waals surface area contributed by atoms with E-state index in [1.807, 2.05) is 0 Å². The van der Waals surface area contributed by atoms with Crippen molar-refractivity contribution in [2.24, 2.45) is 0 Å². The zero-order valence-corrected chi connectivity index (χ0v) is 19.6. The Morgan fingerprint density at radius 1 is 0.645 bits per heavy atom. The molecule has 0 saturated heterocycles. The molecule has 1 rings (SSSR count). The number of hydrogen-bond acceptors (Lipinski definition) is 6. The fraction of sp³-hybridized carbons (Fsp3) is 0.708. The first-order chi connectivity index (χ1) is 15.0. The van der Waals surface area contributed by atoms with Crippen LogP contribution in [0.1, 0.15) is 95.8 Å². The van der Waals surface area contributed by atoms with E-state index in [1.54, 1.807) is 6.92 Å². The van der Waals surface area contributed by atoms with Gasteiger partial charge in [-0.2, -0.15) is 0 Å². The zero-order chi connectivity index (χ0) is 23.1. The molecule has 0 atom stereocenters. The number of phenols is 1. The van der Waals surface area contributed by atoms with Gasteiger partial charge in [0.1, 0.15) is 0 Å². The van der Waals surface area contributed by atoms with Crippen molar-refractivity contribution >= 4 is 5.97 Å². The van der Waals surface area contributed by atoms with Gasteiger partial charge in [0.25, 0.3) is 0 Å². The van der Waals surface area contributed by atoms with Gasteiger partial charge in [-0.15, -0.1) is 0 Å². The number of aromatic hydroxyl groups is 1. The van der Waals surface area contributed by atoms with E-state index in [4.69, 9.17) is 18.9 Å². The molecule has 0 heterocycles. The Kier molecular flexibility index (Phi) is 13.3. The van der Waals surface area contributed by atoms with E-state index >= 15 is 0 Å². The van der Waals surface area contributed by atoms with Crippen molar-refractivity contribution in [1.82, 2.24) is 0 Å². The van der Waals surface area contributed by atoms with Crippen molar-refractivity contribution in [3.05, 3.63) is 5.56 Å². The van der Waals surface area contributed by atoms with Gasteiger partial charge in [0.15, 0.2) is 17.1 Å². The smallest absolute Gasteiger partial charge is 0.343 e. The van der Waals surface area contributed by atoms with Crippen LogP contribution in [0.15, 0.2) is 0 Å². The minimum absolute atomic E-state index is 0.00606. The van der Waals surface area contributed by atoms with Crippen LogP contribution in [0.25, 0.3) is 0 Å². The Morgan fingerprint density at radius 2 is 1.06 bits per heavy atom. The lowest BCUT2D eigenvalue weighted by molar-refractivity contribution is 0.0685. The summed E-state index contributed by atoms with van der Waals surface area (Å²) in [6, 6.07) is 0. The van der Waals surface area contributed by atoms with Crippen molar-refractivity contribution in [3.63, 3.8) is 0 Å². The van der Waals surface area contributed by atoms with Gasteiger partial charge in [0, 0.05) is 0 Å². The van der Waals surface area contributed by atoms with Crippen LogP contribution in [0.5, 0.6) is 28.7 Å². The minimum atomic E-state index is -1.31. The molecule has 1 aromatic carbocycles. The van der Waals surface area contributed by atoms with Crippen LogP contribution < -0.4 is 18.9 Å². The zero-order valence-electron chi connectivity index (χ0n) is 19.6. The summed E-state index contributed by atoms with van der Waals surface area (Å²) < 4.78 is 23.5. The van der Waals surface area contributed by atoms with Gasteiger partial charge >= 0.3 is 5.97 Å². The molecule has 0 radical (unpaired) electrons. The van der Waals surface area contributed by atoms with E-state index in [1.165, 1.54) is 0 Å². The maximum absolute atomic E-state index is 12.0. The largest absolute Gasteiger partial charge is 0.503 e. The Labute approximate surface area is 186 Å². The number of unbranched alkanes of at least 4 members (excludes halogenated alkanes) is 6. The highest BCUT2D eigenvalue weighted by Gasteiger charge is 2.32. The summed E-state index contributed by atoms with van der Waals surface area (Å²) >= 11 is 0. The third-order valence-electron chi connectivity index (χ3n) is 4.78. The van der Waals surface area contributed by atoms with E-state index in [2.05, 4.69) is 20.8 Å². The lowest BCUT2D eigenvalue weighted by Crippen LogP contribution is -2.12. The molecule has 0 aliphatic rings. The molecule has 0 saturated carbocycles. The number of carbonyl (C=O) groups is 1. The highest BCUT2D eigenvalue weighted by molar-refractivity contribution is 5.97. The molecule has 0 bridgehead atoms. The maximum atomic E-state index is 12.0. The maximum Gasteiger partial charge on any atom is 0.343 e. The molecule has 7 nitrogen and oxygen atoms in total. The lowest BCUT2D eigenvalue weighted by Gasteiger charge is -2.22. The number of ether oxygens (including phenoxy) is 4. The topological polar surface area (TPSA) is 94.5 Å². The van der Waals surface area contributed by atoms with Gasteiger partial charge in [-0.3, -0.25) is 0 Å². The van der Waals surface area contributed by atoms with Crippen LogP contribution in [0, 0.1) is 0 Å². The predicted molar refractivity (Wildman–Crippen MR) is 121 cm³/mol. The summed E-state index contributed by atoms with van der Waals surface area (Å²) in [6.45, 7) is 9.39. The first-order valence-electron chi connectivity index (χ1n) is 11.7. The first kappa shape index (κ1) is 26.7. The summed E-state index contributed by atoms with van der Waals surface area (Å²) in [6.07, 6.45) is 8.43. The molecular weight excluding hydrogens is 400 g/mol. The lowest BCUT2D eigenvalue weighted by atomic mass is 10.1. The van der Waals surface area contributed by atoms with Crippen LogP contribution in [-0.2, 0) is 0 Å². The second-order valence-electron chi connectivity index (χ2n) is 7.44. The van der Waals surface area contributed by atoms with Crippen molar-refractivity contribution in [1.29, 1.82) is 0 Å². The molecule has 0 aliphatic carbocycles. The van der Waals surface area contributed by atoms with E-state index in [0.29, 0.717) is 19.8 Å². The molecule has 178 valence electrons. The molecule has 1 aromatic rings. The molecule has 0 unspecified atom stereocenters. The summed E-state index contributed by atoms with van der Waals surface area (Å²) in [5.41, 5.74) is -0.355. The average Bonchev–Trinajstić information content (AvgIpc) is 2.74. The minimum Gasteiger partial charge on any atom is -0.503 e. The fourth-order valence-electron chi connectivity index (χ4n) is 3.10. The Morgan fingerprint density at radius 3 is 1.45 bits per heavy atom. The van der Waals surface area contributed by atoms with Crippen molar-refractivity contribution in [2.75, 3.05) is 26.4 Å². The predicted octanol–water partition coefficient (Wildman–Crippen LogP) is 6.20. The molecule has 0 spiro atoms. The van der Waals surface area contributed by atoms with Gasteiger partial charge in [0.2, 0.25) is 17.2 Å². The van der Waals surface area contributed by atoms with Crippen LogP contribution >= 0.6 is 0 Å². The normalized spacial score (nSPS) is 10.7. The van der Waals surface area contributed by atoms with E-state index in [0.717, 1.165) is 57.8 Å². The number of benzene rings is 1. The summed E-state index contributed by atoms with van der Waals surface area (Å²) in [5, 5.41) is 20.6. The Balaban J connectivity index is 3.46. The van der Waals surface area contributed by atoms with Crippen molar-refractivity contribution in [2.45, 2.75) is 85.5 Å². The van der Waals surface area contributed by atoms with Gasteiger partial charge in [-0.25, -0.2) is 4.79 Å². The van der Waals surface area contributed by atoms with Gasteiger partial charge in [-0.05, 0) is 26.2 Å². The highest BCUT2D eigenvalue weighted by Crippen LogP contribution is 2.53. The third kappa shape index (κ3) is 8.38. The van der Waals surface area contributed by atoms with Gasteiger partial charge in [-0.1, -0.05) is 59.3 Å². The van der Waals surface area contributed by atoms with Gasteiger partial charge in [0.05, 0.1) is 26.4 Å². The first-order valence-corrected chi connectivity index (χ1v) is 11.7. The van der Waals surface area contributed by atoms with Crippen molar-refractivity contribution in [3.8, 4) is 28.7 Å². The molecule has 0 aromatic heterocycles. The average molecular weight is 441 g/mol. The number of carboxylic acids is 1. The Hall–Kier alpha value is -2.31. The molecule has 2 N–H and O–H groups in total. The van der Waals surface area contributed by atoms with Crippen molar-refractivity contribution < 1.29 is 34.0 Å². The second kappa shape index (κ2) is 15.5. The number of rotatable bonds is 18. The van der Waals surface area contributed by atoms with Gasteiger partial charge < -0.3 is 29.2 Å². The van der Waals surface area contributed by atoms with E-state index in [9.17, 15) is 15.0 Å². The fourth-order valence-corrected chi connectivity index (χ4v) is 3.10.